The number of nitrogens with one attached hydrogen (secondary N) is 2. The minimum absolute atomic E-state index is 0.0573. The van der Waals surface area contributed by atoms with Crippen molar-refractivity contribution in [1.82, 2.24) is 14.9 Å². The first-order valence-corrected chi connectivity index (χ1v) is 10.2. The lowest BCUT2D eigenvalue weighted by Gasteiger charge is -2.18. The standard InChI is InChI=1S/C20H21ClF3N5O3/c1-2-16(30)26-13-5-3-12(4-6-13)18(31)29-8-7-14(10-29)27-19-25-9-15(21)17(28-19)32-11-20(22,23)24/h3-6,9,14H,2,7-8,10-11H2,1H3,(H,26,30)(H,25,27,28)/t14-/m1/s1. The first-order chi connectivity index (χ1) is 15.1. The van der Waals surface area contributed by atoms with Crippen molar-refractivity contribution in [3.05, 3.63) is 41.0 Å². The van der Waals surface area contributed by atoms with Crippen LogP contribution >= 0.6 is 11.6 Å². The highest BCUT2D eigenvalue weighted by molar-refractivity contribution is 6.31. The zero-order valence-corrected chi connectivity index (χ0v) is 17.8. The van der Waals surface area contributed by atoms with Gasteiger partial charge in [-0.05, 0) is 30.7 Å². The predicted molar refractivity (Wildman–Crippen MR) is 112 cm³/mol. The number of halogens is 4. The van der Waals surface area contributed by atoms with Gasteiger partial charge in [-0.3, -0.25) is 9.59 Å². The van der Waals surface area contributed by atoms with Crippen LogP contribution in [0.4, 0.5) is 24.8 Å². The predicted octanol–water partition coefficient (Wildman–Crippen LogP) is 3.75. The molecule has 8 nitrogen and oxygen atoms in total. The monoisotopic (exact) mass is 471 g/mol. The molecule has 2 heterocycles. The third-order valence-corrected chi connectivity index (χ3v) is 4.89. The van der Waals surface area contributed by atoms with Crippen molar-refractivity contribution in [2.45, 2.75) is 32.0 Å². The van der Waals surface area contributed by atoms with Gasteiger partial charge in [0.2, 0.25) is 17.7 Å². The molecule has 0 aliphatic carbocycles. The van der Waals surface area contributed by atoms with E-state index in [9.17, 15) is 22.8 Å². The smallest absolute Gasteiger partial charge is 0.422 e. The third kappa shape index (κ3) is 6.46. The van der Waals surface area contributed by atoms with Gasteiger partial charge in [-0.2, -0.15) is 18.2 Å². The SMILES string of the molecule is CCC(=O)Nc1ccc(C(=O)N2CC[C@@H](Nc3ncc(Cl)c(OCC(F)(F)F)n3)C2)cc1. The number of benzene rings is 1. The van der Waals surface area contributed by atoms with Gasteiger partial charge in [0.1, 0.15) is 5.02 Å². The number of alkyl halides is 3. The van der Waals surface area contributed by atoms with Gasteiger partial charge in [0.05, 0.1) is 6.20 Å². The van der Waals surface area contributed by atoms with E-state index in [2.05, 4.69) is 25.3 Å². The summed E-state index contributed by atoms with van der Waals surface area (Å²) in [5.41, 5.74) is 1.09. The molecule has 0 radical (unpaired) electrons. The normalized spacial score (nSPS) is 16.0. The Labute approximate surface area is 187 Å². The Balaban J connectivity index is 1.57. The summed E-state index contributed by atoms with van der Waals surface area (Å²) in [6, 6.07) is 6.41. The van der Waals surface area contributed by atoms with Gasteiger partial charge in [0, 0.05) is 36.8 Å². The second-order valence-electron chi connectivity index (χ2n) is 7.11. The molecule has 0 spiro atoms. The molecular formula is C20H21ClF3N5O3. The lowest BCUT2D eigenvalue weighted by Crippen LogP contribution is -2.31. The Morgan fingerprint density at radius 1 is 1.28 bits per heavy atom. The van der Waals surface area contributed by atoms with Crippen molar-refractivity contribution in [3.8, 4) is 5.88 Å². The maximum absolute atomic E-state index is 12.7. The number of likely N-dealkylation sites (tertiary alicyclic amines) is 1. The van der Waals surface area contributed by atoms with E-state index in [0.717, 1.165) is 6.20 Å². The minimum Gasteiger partial charge on any atom is -0.467 e. The number of aromatic nitrogens is 2. The molecule has 3 rings (SSSR count). The lowest BCUT2D eigenvalue weighted by atomic mass is 10.2. The van der Waals surface area contributed by atoms with Gasteiger partial charge >= 0.3 is 6.18 Å². The molecule has 0 bridgehead atoms. The van der Waals surface area contributed by atoms with Crippen molar-refractivity contribution in [2.24, 2.45) is 0 Å². The highest BCUT2D eigenvalue weighted by Gasteiger charge is 2.30. The molecule has 1 aliphatic heterocycles. The summed E-state index contributed by atoms with van der Waals surface area (Å²) in [4.78, 5) is 33.7. The summed E-state index contributed by atoms with van der Waals surface area (Å²) >= 11 is 5.80. The van der Waals surface area contributed by atoms with E-state index in [1.54, 1.807) is 36.1 Å². The summed E-state index contributed by atoms with van der Waals surface area (Å²) in [7, 11) is 0. The van der Waals surface area contributed by atoms with Crippen LogP contribution in [0.25, 0.3) is 0 Å². The van der Waals surface area contributed by atoms with Crippen molar-refractivity contribution < 1.29 is 27.5 Å². The molecule has 1 aliphatic rings. The molecule has 1 atom stereocenters. The van der Waals surface area contributed by atoms with Crippen molar-refractivity contribution >= 4 is 35.1 Å². The number of carbonyl (C=O) groups is 2. The number of rotatable bonds is 7. The first kappa shape index (κ1) is 23.6. The number of amides is 2. The van der Waals surface area contributed by atoms with Crippen LogP contribution in [0.2, 0.25) is 5.02 Å². The van der Waals surface area contributed by atoms with Gasteiger partial charge in [0.25, 0.3) is 5.91 Å². The number of hydrogen-bond donors (Lipinski definition) is 2. The van der Waals surface area contributed by atoms with Crippen LogP contribution in [0.5, 0.6) is 5.88 Å². The van der Waals surface area contributed by atoms with E-state index in [-0.39, 0.29) is 34.7 Å². The van der Waals surface area contributed by atoms with E-state index < -0.39 is 12.8 Å². The Bertz CT molecular complexity index is 972. The average molecular weight is 472 g/mol. The molecule has 2 amide bonds. The van der Waals surface area contributed by atoms with Crippen molar-refractivity contribution in [2.75, 3.05) is 30.3 Å². The zero-order valence-electron chi connectivity index (χ0n) is 17.1. The maximum Gasteiger partial charge on any atom is 0.422 e. The molecule has 12 heteroatoms. The van der Waals surface area contributed by atoms with E-state index >= 15 is 0 Å². The molecule has 1 aromatic heterocycles. The van der Waals surface area contributed by atoms with Crippen molar-refractivity contribution in [3.63, 3.8) is 0 Å². The number of hydrogen-bond acceptors (Lipinski definition) is 6. The number of carbonyl (C=O) groups excluding carboxylic acids is 2. The molecule has 0 unspecified atom stereocenters. The third-order valence-electron chi connectivity index (χ3n) is 4.63. The summed E-state index contributed by atoms with van der Waals surface area (Å²) < 4.78 is 41.7. The van der Waals surface area contributed by atoms with Crippen LogP contribution in [0.1, 0.15) is 30.1 Å². The van der Waals surface area contributed by atoms with Crippen LogP contribution in [0, 0.1) is 0 Å². The molecule has 1 fully saturated rings. The fourth-order valence-electron chi connectivity index (χ4n) is 3.05. The molecular weight excluding hydrogens is 451 g/mol. The molecule has 172 valence electrons. The minimum atomic E-state index is -4.52. The topological polar surface area (TPSA) is 96.5 Å². The summed E-state index contributed by atoms with van der Waals surface area (Å²) in [6.45, 7) is 1.07. The second kappa shape index (κ2) is 10.0. The largest absolute Gasteiger partial charge is 0.467 e. The van der Waals surface area contributed by atoms with Gasteiger partial charge in [-0.1, -0.05) is 18.5 Å². The van der Waals surface area contributed by atoms with Crippen LogP contribution in [0.3, 0.4) is 0 Å². The highest BCUT2D eigenvalue weighted by atomic mass is 35.5. The molecule has 32 heavy (non-hydrogen) atoms. The number of nitrogens with zero attached hydrogens (tertiary/aromatic N) is 3. The fraction of sp³-hybridized carbons (Fsp3) is 0.400. The van der Waals surface area contributed by atoms with Crippen LogP contribution in [-0.2, 0) is 4.79 Å². The van der Waals surface area contributed by atoms with Gasteiger partial charge < -0.3 is 20.3 Å². The fourth-order valence-corrected chi connectivity index (χ4v) is 3.19. The number of anilines is 2. The Morgan fingerprint density at radius 2 is 2.00 bits per heavy atom. The second-order valence-corrected chi connectivity index (χ2v) is 7.52. The highest BCUT2D eigenvalue weighted by Crippen LogP contribution is 2.25. The summed E-state index contributed by atoms with van der Waals surface area (Å²) in [5, 5.41) is 5.58. The zero-order chi connectivity index (χ0) is 23.3. The number of ether oxygens (including phenoxy) is 1. The average Bonchev–Trinajstić information content (AvgIpc) is 3.22. The lowest BCUT2D eigenvalue weighted by molar-refractivity contribution is -0.154. The molecule has 2 N–H and O–H groups in total. The molecule has 1 saturated heterocycles. The Morgan fingerprint density at radius 3 is 2.66 bits per heavy atom. The van der Waals surface area contributed by atoms with E-state index in [1.807, 2.05) is 0 Å². The molecule has 0 saturated carbocycles. The van der Waals surface area contributed by atoms with Crippen LogP contribution < -0.4 is 15.4 Å². The maximum atomic E-state index is 12.7. The molecule has 1 aromatic carbocycles. The van der Waals surface area contributed by atoms with Crippen LogP contribution in [-0.4, -0.2) is 58.6 Å². The first-order valence-electron chi connectivity index (χ1n) is 9.82. The van der Waals surface area contributed by atoms with Crippen LogP contribution in [0.15, 0.2) is 30.5 Å². The van der Waals surface area contributed by atoms with E-state index in [4.69, 9.17) is 11.6 Å². The molecule has 2 aromatic rings. The Hall–Kier alpha value is -3.08. The van der Waals surface area contributed by atoms with Gasteiger partial charge in [-0.15, -0.1) is 0 Å². The summed E-state index contributed by atoms with van der Waals surface area (Å²) in [5.74, 6) is -0.604. The van der Waals surface area contributed by atoms with Crippen molar-refractivity contribution in [1.29, 1.82) is 0 Å². The van der Waals surface area contributed by atoms with Gasteiger partial charge in [-0.25, -0.2) is 4.98 Å². The quantitative estimate of drug-likeness (QED) is 0.638. The van der Waals surface area contributed by atoms with E-state index in [0.29, 0.717) is 37.2 Å². The van der Waals surface area contributed by atoms with Gasteiger partial charge in [0.15, 0.2) is 6.61 Å². The van der Waals surface area contributed by atoms with E-state index in [1.165, 1.54) is 0 Å². The summed E-state index contributed by atoms with van der Waals surface area (Å²) in [6.07, 6.45) is -2.41. The Kier molecular flexibility index (Phi) is 7.39.